The summed E-state index contributed by atoms with van der Waals surface area (Å²) in [5, 5.41) is 11.3. The third-order valence-corrected chi connectivity index (χ3v) is 6.16. The van der Waals surface area contributed by atoms with Crippen molar-refractivity contribution in [1.82, 2.24) is 0 Å². The number of aliphatic hydroxyl groups is 1. The van der Waals surface area contributed by atoms with Crippen molar-refractivity contribution in [2.75, 3.05) is 0 Å². The minimum absolute atomic E-state index is 0.329. The second kappa shape index (κ2) is 5.42. The minimum atomic E-state index is -0.811. The number of hydrogen-bond donors (Lipinski definition) is 1. The fraction of sp³-hybridized carbons (Fsp3) is 0.833. The summed E-state index contributed by atoms with van der Waals surface area (Å²) < 4.78 is 5.91. The van der Waals surface area contributed by atoms with Crippen molar-refractivity contribution in [2.24, 2.45) is 11.8 Å². The number of hydrogen-bond acceptors (Lipinski definition) is 3. The van der Waals surface area contributed by atoms with Gasteiger partial charge >= 0.3 is 5.97 Å². The molecule has 3 saturated carbocycles. The van der Waals surface area contributed by atoms with Gasteiger partial charge in [0.2, 0.25) is 0 Å². The van der Waals surface area contributed by atoms with Crippen LogP contribution in [-0.4, -0.2) is 22.3 Å². The van der Waals surface area contributed by atoms with Gasteiger partial charge in [-0.1, -0.05) is 38.7 Å². The summed E-state index contributed by atoms with van der Waals surface area (Å²) in [6.07, 6.45) is 10.4. The van der Waals surface area contributed by atoms with Crippen LogP contribution in [0.25, 0.3) is 0 Å². The molecule has 0 aliphatic heterocycles. The lowest BCUT2D eigenvalue weighted by atomic mass is 9.55. The fourth-order valence-corrected chi connectivity index (χ4v) is 5.00. The first-order chi connectivity index (χ1) is 9.96. The number of carbonyl (C=O) groups excluding carboxylic acids is 1. The van der Waals surface area contributed by atoms with Crippen LogP contribution in [0, 0.1) is 11.8 Å². The van der Waals surface area contributed by atoms with Gasteiger partial charge in [0, 0.05) is 5.57 Å². The lowest BCUT2D eigenvalue weighted by molar-refractivity contribution is -0.237. The highest BCUT2D eigenvalue weighted by atomic mass is 16.6. The molecule has 0 heterocycles. The molecule has 0 saturated heterocycles. The molecule has 118 valence electrons. The monoisotopic (exact) mass is 292 g/mol. The Labute approximate surface area is 127 Å². The van der Waals surface area contributed by atoms with Gasteiger partial charge in [0.25, 0.3) is 0 Å². The Kier molecular flexibility index (Phi) is 3.89. The lowest BCUT2D eigenvalue weighted by Crippen LogP contribution is -2.64. The molecule has 0 aromatic heterocycles. The quantitative estimate of drug-likeness (QED) is 0.623. The number of ether oxygens (including phenoxy) is 1. The van der Waals surface area contributed by atoms with E-state index in [1.165, 1.54) is 25.7 Å². The van der Waals surface area contributed by atoms with Gasteiger partial charge in [0.05, 0.1) is 0 Å². The number of carbonyl (C=O) groups is 1. The molecule has 3 heteroatoms. The molecular formula is C18H28O3. The van der Waals surface area contributed by atoms with Crippen molar-refractivity contribution in [2.45, 2.75) is 82.3 Å². The molecule has 3 rings (SSSR count). The zero-order chi connectivity index (χ0) is 15.1. The molecule has 4 unspecified atom stereocenters. The minimum Gasteiger partial charge on any atom is -0.453 e. The Morgan fingerprint density at radius 1 is 1.10 bits per heavy atom. The highest BCUT2D eigenvalue weighted by Crippen LogP contribution is 2.56. The van der Waals surface area contributed by atoms with Crippen LogP contribution in [0.15, 0.2) is 12.2 Å². The van der Waals surface area contributed by atoms with Crippen molar-refractivity contribution in [1.29, 1.82) is 0 Å². The van der Waals surface area contributed by atoms with Crippen molar-refractivity contribution < 1.29 is 14.6 Å². The van der Waals surface area contributed by atoms with Gasteiger partial charge in [-0.2, -0.15) is 0 Å². The molecule has 0 bridgehead atoms. The Balaban J connectivity index is 1.88. The van der Waals surface area contributed by atoms with E-state index in [0.717, 1.165) is 38.5 Å². The summed E-state index contributed by atoms with van der Waals surface area (Å²) >= 11 is 0. The molecule has 0 amide bonds. The Bertz CT molecular complexity index is 444. The average Bonchev–Trinajstić information content (AvgIpc) is 2.44. The van der Waals surface area contributed by atoms with E-state index in [1.807, 2.05) is 0 Å². The van der Waals surface area contributed by atoms with Gasteiger partial charge in [0.15, 0.2) is 0 Å². The molecule has 4 atom stereocenters. The van der Waals surface area contributed by atoms with E-state index in [9.17, 15) is 9.90 Å². The number of esters is 1. The summed E-state index contributed by atoms with van der Waals surface area (Å²) in [6.45, 7) is 5.39. The van der Waals surface area contributed by atoms with Gasteiger partial charge < -0.3 is 9.84 Å². The molecule has 0 spiro atoms. The standard InChI is InChI=1S/C18H28O3/c1-13(2)16(19)21-18-10-6-5-9-17(18,20)11-14-7-3-4-8-15(14)12-18/h14-15,20H,1,3-12H2,2H3. The van der Waals surface area contributed by atoms with Crippen LogP contribution in [-0.2, 0) is 9.53 Å². The van der Waals surface area contributed by atoms with E-state index in [1.54, 1.807) is 6.92 Å². The maximum atomic E-state index is 12.1. The first-order valence-corrected chi connectivity index (χ1v) is 8.57. The smallest absolute Gasteiger partial charge is 0.333 e. The summed E-state index contributed by atoms with van der Waals surface area (Å²) in [4.78, 5) is 12.1. The molecule has 3 aliphatic rings. The first kappa shape index (κ1) is 15.1. The predicted octanol–water partition coefficient (Wildman–Crippen LogP) is 3.75. The summed E-state index contributed by atoms with van der Waals surface area (Å²) in [5.74, 6) is 0.915. The molecule has 0 aromatic rings. The molecule has 3 fully saturated rings. The van der Waals surface area contributed by atoms with E-state index in [2.05, 4.69) is 6.58 Å². The third kappa shape index (κ3) is 2.54. The molecule has 1 N–H and O–H groups in total. The van der Waals surface area contributed by atoms with Gasteiger partial charge in [-0.25, -0.2) is 4.79 Å². The van der Waals surface area contributed by atoms with Crippen LogP contribution in [0.2, 0.25) is 0 Å². The zero-order valence-corrected chi connectivity index (χ0v) is 13.2. The molecule has 0 radical (unpaired) electrons. The largest absolute Gasteiger partial charge is 0.453 e. The van der Waals surface area contributed by atoms with E-state index in [-0.39, 0.29) is 5.97 Å². The third-order valence-electron chi connectivity index (χ3n) is 6.16. The van der Waals surface area contributed by atoms with Crippen LogP contribution in [0.1, 0.15) is 71.1 Å². The van der Waals surface area contributed by atoms with Crippen LogP contribution < -0.4 is 0 Å². The number of fused-ring (bicyclic) bond motifs is 2. The zero-order valence-electron chi connectivity index (χ0n) is 13.2. The first-order valence-electron chi connectivity index (χ1n) is 8.57. The molecule has 21 heavy (non-hydrogen) atoms. The molecule has 0 aromatic carbocycles. The summed E-state index contributed by atoms with van der Waals surface area (Å²) in [5.41, 5.74) is -1.03. The van der Waals surface area contributed by atoms with E-state index < -0.39 is 11.2 Å². The maximum Gasteiger partial charge on any atom is 0.333 e. The topological polar surface area (TPSA) is 46.5 Å². The predicted molar refractivity (Wildman–Crippen MR) is 81.7 cm³/mol. The van der Waals surface area contributed by atoms with Crippen LogP contribution in [0.4, 0.5) is 0 Å². The van der Waals surface area contributed by atoms with Gasteiger partial charge in [-0.15, -0.1) is 0 Å². The number of rotatable bonds is 2. The van der Waals surface area contributed by atoms with Crippen molar-refractivity contribution in [3.8, 4) is 0 Å². The summed E-state index contributed by atoms with van der Waals surface area (Å²) in [7, 11) is 0. The highest BCUT2D eigenvalue weighted by Gasteiger charge is 2.60. The Hall–Kier alpha value is -0.830. The lowest BCUT2D eigenvalue weighted by Gasteiger charge is -2.57. The SMILES string of the molecule is C=C(C)C(=O)OC12CCCCC1(O)CC1CCCCC1C2. The van der Waals surface area contributed by atoms with Crippen molar-refractivity contribution in [3.05, 3.63) is 12.2 Å². The van der Waals surface area contributed by atoms with Gasteiger partial charge in [-0.3, -0.25) is 0 Å². The van der Waals surface area contributed by atoms with E-state index in [4.69, 9.17) is 4.74 Å². The highest BCUT2D eigenvalue weighted by molar-refractivity contribution is 5.87. The van der Waals surface area contributed by atoms with E-state index >= 15 is 0 Å². The second-order valence-electron chi connectivity index (χ2n) is 7.62. The van der Waals surface area contributed by atoms with E-state index in [0.29, 0.717) is 17.4 Å². The van der Waals surface area contributed by atoms with Crippen LogP contribution in [0.3, 0.4) is 0 Å². The molecule has 3 nitrogen and oxygen atoms in total. The molecule has 3 aliphatic carbocycles. The van der Waals surface area contributed by atoms with Crippen molar-refractivity contribution >= 4 is 5.97 Å². The van der Waals surface area contributed by atoms with Crippen LogP contribution in [0.5, 0.6) is 0 Å². The fourth-order valence-electron chi connectivity index (χ4n) is 5.00. The molecular weight excluding hydrogens is 264 g/mol. The average molecular weight is 292 g/mol. The Morgan fingerprint density at radius 3 is 2.38 bits per heavy atom. The summed E-state index contributed by atoms with van der Waals surface area (Å²) in [6, 6.07) is 0. The van der Waals surface area contributed by atoms with Crippen LogP contribution >= 0.6 is 0 Å². The maximum absolute atomic E-state index is 12.1. The van der Waals surface area contributed by atoms with Gasteiger partial charge in [0.1, 0.15) is 11.2 Å². The van der Waals surface area contributed by atoms with Crippen molar-refractivity contribution in [3.63, 3.8) is 0 Å². The second-order valence-corrected chi connectivity index (χ2v) is 7.62. The van der Waals surface area contributed by atoms with Gasteiger partial charge in [-0.05, 0) is 50.9 Å². The normalized spacial score (nSPS) is 42.6. The Morgan fingerprint density at radius 2 is 1.71 bits per heavy atom.